The van der Waals surface area contributed by atoms with Crippen LogP contribution in [0.1, 0.15) is 5.56 Å². The van der Waals surface area contributed by atoms with Crippen molar-refractivity contribution in [2.75, 3.05) is 0 Å². The van der Waals surface area contributed by atoms with Crippen molar-refractivity contribution >= 4 is 50.0 Å². The van der Waals surface area contributed by atoms with E-state index in [2.05, 4.69) is 53.0 Å². The predicted octanol–water partition coefficient (Wildman–Crippen LogP) is 4.26. The summed E-state index contributed by atoms with van der Waals surface area (Å²) in [5.74, 6) is 0. The van der Waals surface area contributed by atoms with Crippen LogP contribution < -0.4 is 0 Å². The van der Waals surface area contributed by atoms with Gasteiger partial charge >= 0.3 is 0 Å². The maximum Gasteiger partial charge on any atom is 0.0383 e. The van der Waals surface area contributed by atoms with Crippen molar-refractivity contribution in [2.45, 2.75) is 11.8 Å². The fourth-order valence-electron chi connectivity index (χ4n) is 1.23. The molecule has 0 amide bonds. The highest BCUT2D eigenvalue weighted by atomic mass is 79.9. The average Bonchev–Trinajstić information content (AvgIpc) is 2.48. The Hall–Kier alpha value is 0.01000. The number of benzene rings is 1. The van der Waals surface area contributed by atoms with E-state index in [-0.39, 0.29) is 0 Å². The number of thiophene rings is 1. The first-order chi connectivity index (χ1) is 5.70. The molecule has 0 aliphatic heterocycles. The van der Waals surface area contributed by atoms with Crippen molar-refractivity contribution in [2.24, 2.45) is 0 Å². The standard InChI is InChI=1S/C9H7BrS2/c1-5-8(11)7(10)4-6-2-3-12-9(5)6/h2-4,11H,1H3. The minimum atomic E-state index is 1.05. The van der Waals surface area contributed by atoms with Crippen molar-refractivity contribution < 1.29 is 0 Å². The maximum atomic E-state index is 4.42. The van der Waals surface area contributed by atoms with Crippen molar-refractivity contribution in [3.8, 4) is 0 Å². The van der Waals surface area contributed by atoms with Gasteiger partial charge in [0.2, 0.25) is 0 Å². The van der Waals surface area contributed by atoms with Crippen LogP contribution in [-0.4, -0.2) is 0 Å². The third-order valence-corrected chi connectivity index (χ3v) is 4.46. The molecule has 0 spiro atoms. The number of rotatable bonds is 0. The van der Waals surface area contributed by atoms with E-state index >= 15 is 0 Å². The van der Waals surface area contributed by atoms with Crippen LogP contribution in [0.4, 0.5) is 0 Å². The Bertz CT molecular complexity index is 431. The van der Waals surface area contributed by atoms with Crippen LogP contribution in [0.5, 0.6) is 0 Å². The monoisotopic (exact) mass is 258 g/mol. The molecule has 0 aliphatic carbocycles. The third kappa shape index (κ3) is 1.20. The predicted molar refractivity (Wildman–Crippen MR) is 61.5 cm³/mol. The number of hydrogen-bond acceptors (Lipinski definition) is 2. The van der Waals surface area contributed by atoms with Gasteiger partial charge in [0.05, 0.1) is 0 Å². The zero-order valence-corrected chi connectivity index (χ0v) is 9.76. The van der Waals surface area contributed by atoms with Crippen molar-refractivity contribution in [1.82, 2.24) is 0 Å². The number of fused-ring (bicyclic) bond motifs is 1. The second kappa shape index (κ2) is 3.05. The summed E-state index contributed by atoms with van der Waals surface area (Å²) >= 11 is 9.67. The molecular formula is C9H7BrS2. The molecule has 1 aromatic carbocycles. The largest absolute Gasteiger partial charge is 0.143 e. The second-order valence-corrected chi connectivity index (χ2v) is 4.89. The molecule has 1 heterocycles. The molecule has 0 bridgehead atoms. The first kappa shape index (κ1) is 8.60. The van der Waals surface area contributed by atoms with Crippen LogP contribution in [0.3, 0.4) is 0 Å². The van der Waals surface area contributed by atoms with Crippen LogP contribution >= 0.6 is 39.9 Å². The van der Waals surface area contributed by atoms with Gasteiger partial charge in [-0.3, -0.25) is 0 Å². The zero-order chi connectivity index (χ0) is 8.72. The third-order valence-electron chi connectivity index (χ3n) is 1.90. The van der Waals surface area contributed by atoms with Gasteiger partial charge in [0, 0.05) is 14.1 Å². The van der Waals surface area contributed by atoms with E-state index in [1.54, 1.807) is 11.3 Å². The van der Waals surface area contributed by atoms with E-state index in [1.807, 2.05) is 0 Å². The average molecular weight is 259 g/mol. The van der Waals surface area contributed by atoms with Gasteiger partial charge in [0.25, 0.3) is 0 Å². The molecule has 0 saturated carbocycles. The van der Waals surface area contributed by atoms with E-state index in [4.69, 9.17) is 0 Å². The lowest BCUT2D eigenvalue weighted by Gasteiger charge is -2.02. The Kier molecular flexibility index (Phi) is 2.19. The van der Waals surface area contributed by atoms with Crippen LogP contribution in [0.15, 0.2) is 26.9 Å². The number of thiol groups is 1. The van der Waals surface area contributed by atoms with Crippen LogP contribution in [-0.2, 0) is 0 Å². The Morgan fingerprint density at radius 3 is 3.00 bits per heavy atom. The van der Waals surface area contributed by atoms with Crippen LogP contribution in [0, 0.1) is 6.92 Å². The molecule has 3 heteroatoms. The van der Waals surface area contributed by atoms with Gasteiger partial charge in [-0.25, -0.2) is 0 Å². The highest BCUT2D eigenvalue weighted by Crippen LogP contribution is 2.34. The summed E-state index contributed by atoms with van der Waals surface area (Å²) in [5.41, 5.74) is 1.26. The van der Waals surface area contributed by atoms with E-state index in [9.17, 15) is 0 Å². The summed E-state index contributed by atoms with van der Waals surface area (Å²) in [7, 11) is 0. The highest BCUT2D eigenvalue weighted by Gasteiger charge is 2.05. The fourth-order valence-corrected chi connectivity index (χ4v) is 2.92. The summed E-state index contributed by atoms with van der Waals surface area (Å²) in [6.45, 7) is 2.10. The molecule has 0 atom stereocenters. The van der Waals surface area contributed by atoms with Crippen molar-refractivity contribution in [1.29, 1.82) is 0 Å². The number of hydrogen-bond donors (Lipinski definition) is 1. The lowest BCUT2D eigenvalue weighted by molar-refractivity contribution is 1.33. The molecule has 0 aliphatic rings. The summed E-state index contributed by atoms with van der Waals surface area (Å²) in [6, 6.07) is 4.24. The van der Waals surface area contributed by atoms with E-state index in [0.717, 1.165) is 9.37 Å². The normalized spacial score (nSPS) is 10.9. The van der Waals surface area contributed by atoms with Gasteiger partial charge in [-0.15, -0.1) is 24.0 Å². The summed E-state index contributed by atoms with van der Waals surface area (Å²) in [4.78, 5) is 1.05. The van der Waals surface area contributed by atoms with E-state index in [1.165, 1.54) is 15.6 Å². The minimum Gasteiger partial charge on any atom is -0.143 e. The fraction of sp³-hybridized carbons (Fsp3) is 0.111. The Morgan fingerprint density at radius 1 is 1.50 bits per heavy atom. The zero-order valence-electron chi connectivity index (χ0n) is 6.47. The Balaban J connectivity index is 2.94. The van der Waals surface area contributed by atoms with Gasteiger partial charge in [-0.05, 0) is 51.3 Å². The molecule has 0 saturated heterocycles. The smallest absolute Gasteiger partial charge is 0.0383 e. The number of halogens is 1. The van der Waals surface area contributed by atoms with Gasteiger partial charge in [-0.2, -0.15) is 0 Å². The number of aryl methyl sites for hydroxylation is 1. The topological polar surface area (TPSA) is 0 Å². The molecule has 62 valence electrons. The Morgan fingerprint density at radius 2 is 2.25 bits per heavy atom. The summed E-state index contributed by atoms with van der Waals surface area (Å²) < 4.78 is 2.41. The molecule has 2 aromatic rings. The van der Waals surface area contributed by atoms with Crippen molar-refractivity contribution in [3.05, 3.63) is 27.5 Å². The lowest BCUT2D eigenvalue weighted by Crippen LogP contribution is -1.78. The second-order valence-electron chi connectivity index (χ2n) is 2.67. The quantitative estimate of drug-likeness (QED) is 0.671. The van der Waals surface area contributed by atoms with Crippen molar-refractivity contribution in [3.63, 3.8) is 0 Å². The van der Waals surface area contributed by atoms with Gasteiger partial charge < -0.3 is 0 Å². The van der Waals surface area contributed by atoms with Gasteiger partial charge in [-0.1, -0.05) is 0 Å². The summed E-state index contributed by atoms with van der Waals surface area (Å²) in [5, 5.41) is 3.40. The Labute approximate surface area is 89.1 Å². The highest BCUT2D eigenvalue weighted by molar-refractivity contribution is 9.10. The summed E-state index contributed by atoms with van der Waals surface area (Å²) in [6.07, 6.45) is 0. The van der Waals surface area contributed by atoms with Crippen LogP contribution in [0.2, 0.25) is 0 Å². The lowest BCUT2D eigenvalue weighted by atomic mass is 10.2. The molecule has 1 aromatic heterocycles. The molecule has 12 heavy (non-hydrogen) atoms. The molecule has 0 N–H and O–H groups in total. The van der Waals surface area contributed by atoms with Gasteiger partial charge in [0.15, 0.2) is 0 Å². The maximum absolute atomic E-state index is 4.42. The molecule has 0 fully saturated rings. The minimum absolute atomic E-state index is 1.05. The first-order valence-corrected chi connectivity index (χ1v) is 5.67. The molecule has 2 rings (SSSR count). The van der Waals surface area contributed by atoms with E-state index in [0.29, 0.717) is 0 Å². The van der Waals surface area contributed by atoms with E-state index < -0.39 is 0 Å². The molecule has 0 nitrogen and oxygen atoms in total. The molecular weight excluding hydrogens is 252 g/mol. The SMILES string of the molecule is Cc1c(S)c(Br)cc2ccsc12. The molecule has 0 radical (unpaired) electrons. The first-order valence-electron chi connectivity index (χ1n) is 3.55. The molecule has 0 unspecified atom stereocenters. The van der Waals surface area contributed by atoms with Crippen LogP contribution in [0.25, 0.3) is 10.1 Å². The van der Waals surface area contributed by atoms with Gasteiger partial charge in [0.1, 0.15) is 0 Å².